The van der Waals surface area contributed by atoms with Crippen molar-refractivity contribution in [1.82, 2.24) is 0 Å². The normalized spacial score (nSPS) is 11.5. The van der Waals surface area contributed by atoms with E-state index < -0.39 is 17.8 Å². The minimum atomic E-state index is -1.21. The zero-order chi connectivity index (χ0) is 11.6. The summed E-state index contributed by atoms with van der Waals surface area (Å²) in [4.78, 5) is 11.1. The van der Waals surface area contributed by atoms with Crippen molar-refractivity contribution in [2.45, 2.75) is 6.04 Å². The van der Waals surface area contributed by atoms with Crippen LogP contribution < -0.4 is 5.73 Å². The summed E-state index contributed by atoms with van der Waals surface area (Å²) in [5.41, 5.74) is 5.45. The Labute approximate surface area is 106 Å². The number of benzene rings is 1. The Kier molecular flexibility index (Phi) is 5.71. The Hall–Kier alpha value is -0.850. The van der Waals surface area contributed by atoms with E-state index in [1.807, 2.05) is 0 Å². The SMILES string of the molecule is COC(=O)[C@@H](N)c1cc(F)cc(Br)c1O.Cl. The lowest BCUT2D eigenvalue weighted by Gasteiger charge is -2.12. The van der Waals surface area contributed by atoms with Crippen molar-refractivity contribution in [2.75, 3.05) is 7.11 Å². The predicted octanol–water partition coefficient (Wildman–Crippen LogP) is 1.89. The van der Waals surface area contributed by atoms with E-state index >= 15 is 0 Å². The lowest BCUT2D eigenvalue weighted by atomic mass is 10.1. The number of methoxy groups -OCH3 is 1. The summed E-state index contributed by atoms with van der Waals surface area (Å²) >= 11 is 2.94. The Bertz CT molecular complexity index is 403. The number of nitrogens with two attached hydrogens (primary N) is 1. The first-order chi connectivity index (χ1) is 6.97. The quantitative estimate of drug-likeness (QED) is 0.818. The van der Waals surface area contributed by atoms with Gasteiger partial charge in [0.1, 0.15) is 17.6 Å². The molecule has 1 rings (SSSR count). The van der Waals surface area contributed by atoms with E-state index in [0.29, 0.717) is 0 Å². The van der Waals surface area contributed by atoms with Gasteiger partial charge in [0.05, 0.1) is 11.6 Å². The molecular weight excluding hydrogens is 304 g/mol. The molecule has 90 valence electrons. The maximum Gasteiger partial charge on any atom is 0.327 e. The molecular formula is C9H10BrClFNO3. The lowest BCUT2D eigenvalue weighted by molar-refractivity contribution is -0.142. The number of carbonyl (C=O) groups is 1. The maximum absolute atomic E-state index is 13.0. The first-order valence-electron chi connectivity index (χ1n) is 3.98. The molecule has 0 unspecified atom stereocenters. The van der Waals surface area contributed by atoms with Gasteiger partial charge in [-0.3, -0.25) is 4.79 Å². The topological polar surface area (TPSA) is 72.5 Å². The number of hydrogen-bond acceptors (Lipinski definition) is 4. The third-order valence-corrected chi connectivity index (χ3v) is 2.45. The van der Waals surface area contributed by atoms with Gasteiger partial charge >= 0.3 is 5.97 Å². The summed E-state index contributed by atoms with van der Waals surface area (Å²) in [5, 5.41) is 9.54. The third kappa shape index (κ3) is 3.07. The van der Waals surface area contributed by atoms with Gasteiger partial charge in [-0.1, -0.05) is 0 Å². The maximum atomic E-state index is 13.0. The highest BCUT2D eigenvalue weighted by Crippen LogP contribution is 2.32. The van der Waals surface area contributed by atoms with Crippen LogP contribution in [-0.2, 0) is 9.53 Å². The number of esters is 1. The highest BCUT2D eigenvalue weighted by molar-refractivity contribution is 9.10. The van der Waals surface area contributed by atoms with Crippen LogP contribution in [0.1, 0.15) is 11.6 Å². The predicted molar refractivity (Wildman–Crippen MR) is 62.0 cm³/mol. The monoisotopic (exact) mass is 313 g/mol. The largest absolute Gasteiger partial charge is 0.506 e. The van der Waals surface area contributed by atoms with E-state index in [1.54, 1.807) is 0 Å². The number of aromatic hydroxyl groups is 1. The number of carbonyl (C=O) groups excluding carboxylic acids is 1. The number of phenolic OH excluding ortho intramolecular Hbond substituents is 1. The number of halogens is 3. The van der Waals surface area contributed by atoms with Crippen molar-refractivity contribution in [3.63, 3.8) is 0 Å². The van der Waals surface area contributed by atoms with Crippen molar-refractivity contribution < 1.29 is 19.0 Å². The van der Waals surface area contributed by atoms with Gasteiger partial charge in [0, 0.05) is 5.56 Å². The first-order valence-corrected chi connectivity index (χ1v) is 4.78. The number of ether oxygens (including phenoxy) is 1. The van der Waals surface area contributed by atoms with E-state index in [9.17, 15) is 14.3 Å². The molecule has 0 aliphatic rings. The molecule has 3 N–H and O–H groups in total. The highest BCUT2D eigenvalue weighted by Gasteiger charge is 2.22. The zero-order valence-electron chi connectivity index (χ0n) is 8.24. The Morgan fingerprint density at radius 1 is 1.62 bits per heavy atom. The van der Waals surface area contributed by atoms with Gasteiger partial charge in [-0.15, -0.1) is 12.4 Å². The summed E-state index contributed by atoms with van der Waals surface area (Å²) < 4.78 is 17.5. The number of hydrogen-bond donors (Lipinski definition) is 2. The van der Waals surface area contributed by atoms with Crippen molar-refractivity contribution in [2.24, 2.45) is 5.73 Å². The fourth-order valence-electron chi connectivity index (χ4n) is 1.08. The van der Waals surface area contributed by atoms with Gasteiger partial charge in [-0.05, 0) is 28.1 Å². The van der Waals surface area contributed by atoms with Gasteiger partial charge < -0.3 is 15.6 Å². The minimum absolute atomic E-state index is 0. The summed E-state index contributed by atoms with van der Waals surface area (Å²) in [5.74, 6) is -1.62. The first kappa shape index (κ1) is 15.2. The molecule has 0 heterocycles. The van der Waals surface area contributed by atoms with Crippen molar-refractivity contribution in [3.05, 3.63) is 28.0 Å². The Morgan fingerprint density at radius 3 is 2.69 bits per heavy atom. The van der Waals surface area contributed by atoms with Crippen LogP contribution in [0, 0.1) is 5.82 Å². The van der Waals surface area contributed by atoms with Gasteiger partial charge in [0.25, 0.3) is 0 Å². The van der Waals surface area contributed by atoms with Gasteiger partial charge in [0.15, 0.2) is 0 Å². The average Bonchev–Trinajstić information content (AvgIpc) is 2.21. The fraction of sp³-hybridized carbons (Fsp3) is 0.222. The second kappa shape index (κ2) is 6.03. The van der Waals surface area contributed by atoms with E-state index in [-0.39, 0.29) is 28.2 Å². The van der Waals surface area contributed by atoms with Gasteiger partial charge in [-0.25, -0.2) is 4.39 Å². The third-order valence-electron chi connectivity index (χ3n) is 1.85. The van der Waals surface area contributed by atoms with Crippen LogP contribution in [0.5, 0.6) is 5.75 Å². The Balaban J connectivity index is 0.00000225. The molecule has 1 aromatic rings. The van der Waals surface area contributed by atoms with E-state index in [4.69, 9.17) is 5.73 Å². The standard InChI is InChI=1S/C9H9BrFNO3.ClH/c1-15-9(14)7(12)5-2-4(11)3-6(10)8(5)13;/h2-3,7,13H,12H2,1H3;1H/t7-;/m0./s1. The summed E-state index contributed by atoms with van der Waals surface area (Å²) in [6.45, 7) is 0. The molecule has 0 fully saturated rings. The van der Waals surface area contributed by atoms with Crippen LogP contribution in [0.2, 0.25) is 0 Å². The van der Waals surface area contributed by atoms with Crippen molar-refractivity contribution in [1.29, 1.82) is 0 Å². The van der Waals surface area contributed by atoms with Gasteiger partial charge in [0.2, 0.25) is 0 Å². The van der Waals surface area contributed by atoms with Crippen LogP contribution in [0.4, 0.5) is 4.39 Å². The minimum Gasteiger partial charge on any atom is -0.506 e. The molecule has 0 saturated carbocycles. The van der Waals surface area contributed by atoms with E-state index in [1.165, 1.54) is 0 Å². The molecule has 0 amide bonds. The summed E-state index contributed by atoms with van der Waals surface area (Å²) in [7, 11) is 1.16. The zero-order valence-corrected chi connectivity index (χ0v) is 10.6. The average molecular weight is 315 g/mol. The molecule has 4 nitrogen and oxygen atoms in total. The van der Waals surface area contributed by atoms with Crippen LogP contribution in [0.3, 0.4) is 0 Å². The second-order valence-electron chi connectivity index (χ2n) is 2.83. The molecule has 0 saturated heterocycles. The van der Waals surface area contributed by atoms with Gasteiger partial charge in [-0.2, -0.15) is 0 Å². The number of phenols is 1. The van der Waals surface area contributed by atoms with Crippen LogP contribution >= 0.6 is 28.3 Å². The summed E-state index contributed by atoms with van der Waals surface area (Å²) in [6, 6.07) is 0.854. The molecule has 1 aromatic carbocycles. The molecule has 0 aromatic heterocycles. The summed E-state index contributed by atoms with van der Waals surface area (Å²) in [6.07, 6.45) is 0. The van der Waals surface area contributed by atoms with E-state index in [0.717, 1.165) is 19.2 Å². The smallest absolute Gasteiger partial charge is 0.327 e. The molecule has 1 atom stereocenters. The molecule has 0 aliphatic heterocycles. The lowest BCUT2D eigenvalue weighted by Crippen LogP contribution is -2.22. The van der Waals surface area contributed by atoms with Crippen LogP contribution in [0.15, 0.2) is 16.6 Å². The van der Waals surface area contributed by atoms with Crippen LogP contribution in [0.25, 0.3) is 0 Å². The molecule has 16 heavy (non-hydrogen) atoms. The fourth-order valence-corrected chi connectivity index (χ4v) is 1.52. The molecule has 7 heteroatoms. The molecule has 0 aliphatic carbocycles. The van der Waals surface area contributed by atoms with Crippen molar-refractivity contribution in [3.8, 4) is 5.75 Å². The molecule has 0 spiro atoms. The molecule has 0 radical (unpaired) electrons. The highest BCUT2D eigenvalue weighted by atomic mass is 79.9. The van der Waals surface area contributed by atoms with Crippen LogP contribution in [-0.4, -0.2) is 18.2 Å². The van der Waals surface area contributed by atoms with E-state index in [2.05, 4.69) is 20.7 Å². The van der Waals surface area contributed by atoms with Crippen molar-refractivity contribution >= 4 is 34.3 Å². The molecule has 0 bridgehead atoms. The Morgan fingerprint density at radius 2 is 2.19 bits per heavy atom. The number of rotatable bonds is 2. The second-order valence-corrected chi connectivity index (χ2v) is 3.68.